The smallest absolute Gasteiger partial charge is 0.362 e. The van der Waals surface area contributed by atoms with Crippen LogP contribution in [0.25, 0.3) is 4.85 Å². The predicted octanol–water partition coefficient (Wildman–Crippen LogP) is 5.89. The number of rotatable bonds is 2. The van der Waals surface area contributed by atoms with E-state index in [1.165, 1.54) is 18.2 Å². The number of benzene rings is 2. The van der Waals surface area contributed by atoms with Crippen molar-refractivity contribution in [2.24, 2.45) is 23.7 Å². The lowest BCUT2D eigenvalue weighted by atomic mass is 9.73. The summed E-state index contributed by atoms with van der Waals surface area (Å²) in [5.74, 6) is -5.36. The molecule has 0 saturated carbocycles. The van der Waals surface area contributed by atoms with E-state index in [4.69, 9.17) is 21.3 Å². The van der Waals surface area contributed by atoms with Crippen molar-refractivity contribution in [2.45, 2.75) is 56.0 Å². The summed E-state index contributed by atoms with van der Waals surface area (Å²) in [6.45, 7) is 12.0. The van der Waals surface area contributed by atoms with Gasteiger partial charge in [0.1, 0.15) is 0 Å². The predicted molar refractivity (Wildman–Crippen MR) is 162 cm³/mol. The number of anilines is 2. The molecule has 0 aliphatic carbocycles. The van der Waals surface area contributed by atoms with E-state index in [0.717, 1.165) is 21.9 Å². The van der Waals surface area contributed by atoms with Gasteiger partial charge in [0, 0.05) is 5.69 Å². The summed E-state index contributed by atoms with van der Waals surface area (Å²) >= 11 is 0. The van der Waals surface area contributed by atoms with Crippen LogP contribution < -0.4 is 9.80 Å². The zero-order chi connectivity index (χ0) is 37.2. The lowest BCUT2D eigenvalue weighted by molar-refractivity contribution is -0.138. The number of nitriles is 1. The molecule has 8 rings (SSSR count). The Bertz CT molecular complexity index is 2080. The highest BCUT2D eigenvalue weighted by molar-refractivity contribution is 6.24. The van der Waals surface area contributed by atoms with Crippen LogP contribution in [-0.2, 0) is 41.0 Å². The van der Waals surface area contributed by atoms with Gasteiger partial charge in [0.15, 0.2) is 5.69 Å². The van der Waals surface area contributed by atoms with Gasteiger partial charge in [-0.2, -0.15) is 31.6 Å². The summed E-state index contributed by atoms with van der Waals surface area (Å²) in [5, 5.41) is 8.86. The van der Waals surface area contributed by atoms with Gasteiger partial charge in [0.05, 0.1) is 81.6 Å². The normalized spacial score (nSPS) is 34.1. The summed E-state index contributed by atoms with van der Waals surface area (Å²) in [5.41, 5.74) is -6.67. The van der Waals surface area contributed by atoms with Gasteiger partial charge in [-0.25, -0.2) is 14.6 Å². The molecule has 4 unspecified atom stereocenters. The zero-order valence-corrected chi connectivity index (χ0v) is 26.7. The molecule has 16 heteroatoms. The third kappa shape index (κ3) is 4.77. The number of nitrogens with zero attached hydrogens (tertiary/aromatic N) is 4. The number of imide groups is 2. The molecule has 4 saturated heterocycles. The van der Waals surface area contributed by atoms with E-state index in [0.29, 0.717) is 12.1 Å². The third-order valence-corrected chi connectivity index (χ3v) is 10.4. The SMILES string of the molecule is CC12C=CC(O1)[C@H]1C(=O)N(c3ccc(C#N)c(C(F)(F)F)c3)C(=O)[C@H]12.[C-]#[N+]c1ccc(N2C(=O)[C@@H]3[C@H](C2=O)C2(C)C=CC3(C)O2)cc1C(F)(F)F. The Morgan fingerprint density at radius 2 is 1.25 bits per heavy atom. The van der Waals surface area contributed by atoms with E-state index >= 15 is 0 Å². The highest BCUT2D eigenvalue weighted by atomic mass is 19.4. The molecule has 2 aromatic carbocycles. The fraction of sp³-hybridized carbons (Fsp3) is 0.371. The molecule has 4 bridgehead atoms. The molecule has 6 heterocycles. The van der Waals surface area contributed by atoms with Gasteiger partial charge < -0.3 is 9.47 Å². The number of carbonyl (C=O) groups is 4. The molecular formula is C35H24F6N4O6. The van der Waals surface area contributed by atoms with E-state index in [2.05, 4.69) is 4.85 Å². The lowest BCUT2D eigenvalue weighted by Crippen LogP contribution is -2.39. The Labute approximate surface area is 285 Å². The fourth-order valence-electron chi connectivity index (χ4n) is 8.18. The Morgan fingerprint density at radius 1 is 0.745 bits per heavy atom. The summed E-state index contributed by atoms with van der Waals surface area (Å²) in [6, 6.07) is 7.16. The molecule has 4 fully saturated rings. The van der Waals surface area contributed by atoms with Crippen molar-refractivity contribution in [1.29, 1.82) is 5.26 Å². The van der Waals surface area contributed by atoms with E-state index in [1.807, 2.05) is 0 Å². The minimum Gasteiger partial charge on any atom is -0.362 e. The molecular weight excluding hydrogens is 686 g/mol. The van der Waals surface area contributed by atoms with Crippen LogP contribution in [0.2, 0.25) is 0 Å². The van der Waals surface area contributed by atoms with Crippen molar-refractivity contribution in [1.82, 2.24) is 0 Å². The second kappa shape index (κ2) is 10.6. The van der Waals surface area contributed by atoms with Gasteiger partial charge in [0.25, 0.3) is 0 Å². The van der Waals surface area contributed by atoms with Gasteiger partial charge >= 0.3 is 12.4 Å². The minimum absolute atomic E-state index is 0.180. The highest BCUT2D eigenvalue weighted by Gasteiger charge is 2.71. The average molecular weight is 711 g/mol. The molecule has 51 heavy (non-hydrogen) atoms. The number of fused-ring (bicyclic) bond motifs is 10. The summed E-state index contributed by atoms with van der Waals surface area (Å²) in [7, 11) is 0. The van der Waals surface area contributed by atoms with Crippen LogP contribution in [0.3, 0.4) is 0 Å². The highest BCUT2D eigenvalue weighted by Crippen LogP contribution is 2.58. The molecule has 10 nitrogen and oxygen atoms in total. The number of halogens is 6. The molecule has 8 atom stereocenters. The Hall–Kier alpha value is -5.32. The van der Waals surface area contributed by atoms with Crippen molar-refractivity contribution in [3.63, 3.8) is 0 Å². The van der Waals surface area contributed by atoms with Gasteiger partial charge in [-0.3, -0.25) is 19.2 Å². The fourth-order valence-corrected chi connectivity index (χ4v) is 8.18. The second-order valence-electron chi connectivity index (χ2n) is 13.6. The maximum atomic E-state index is 13.2. The van der Waals surface area contributed by atoms with Crippen LogP contribution in [0.4, 0.5) is 43.4 Å². The van der Waals surface area contributed by atoms with E-state index in [1.54, 1.807) is 45.1 Å². The van der Waals surface area contributed by atoms with Crippen LogP contribution in [0, 0.1) is 41.6 Å². The maximum Gasteiger partial charge on any atom is 0.417 e. The number of alkyl halides is 6. The standard InChI is InChI=1S/C18H13F3N2O3.C17H11F3N2O3/c1-16-6-7-17(2,26-16)13-12(16)14(24)23(15(13)25)9-4-5-11(22-3)10(8-9)18(19,20)21;1-16-5-4-11(25-16)12-13(16)15(24)22(14(12)23)9-3-2-8(7-21)10(6-9)17(18,19)20/h4-8,12-13H,1-2H3;2-6,11-13H,1H3/t12-,13+,16?,17?;11?,12-,13+,16?/m.1/s1. The Balaban J connectivity index is 0.000000159. The van der Waals surface area contributed by atoms with Crippen molar-refractivity contribution in [2.75, 3.05) is 9.80 Å². The molecule has 0 spiro atoms. The van der Waals surface area contributed by atoms with Crippen LogP contribution in [0.15, 0.2) is 60.7 Å². The summed E-state index contributed by atoms with van der Waals surface area (Å²) in [4.78, 5) is 55.7. The van der Waals surface area contributed by atoms with Crippen molar-refractivity contribution in [3.8, 4) is 6.07 Å². The van der Waals surface area contributed by atoms with Crippen LogP contribution >= 0.6 is 0 Å². The number of hydrogen-bond donors (Lipinski definition) is 0. The maximum absolute atomic E-state index is 13.2. The second-order valence-corrected chi connectivity index (χ2v) is 13.6. The first-order chi connectivity index (χ1) is 23.7. The van der Waals surface area contributed by atoms with Crippen molar-refractivity contribution in [3.05, 3.63) is 88.8 Å². The third-order valence-electron chi connectivity index (χ3n) is 10.4. The number of ether oxygens (including phenoxy) is 2. The quantitative estimate of drug-likeness (QED) is 0.165. The zero-order valence-electron chi connectivity index (χ0n) is 26.7. The molecule has 0 aromatic heterocycles. The largest absolute Gasteiger partial charge is 0.417 e. The van der Waals surface area contributed by atoms with Crippen molar-refractivity contribution >= 4 is 40.7 Å². The van der Waals surface area contributed by atoms with Gasteiger partial charge in [-0.1, -0.05) is 30.4 Å². The molecule has 4 amide bonds. The minimum atomic E-state index is -4.77. The van der Waals surface area contributed by atoms with Gasteiger partial charge in [-0.05, 0) is 51.1 Å². The lowest BCUT2D eigenvalue weighted by Gasteiger charge is -2.25. The van der Waals surface area contributed by atoms with E-state index in [-0.39, 0.29) is 11.4 Å². The molecule has 2 aromatic rings. The molecule has 0 N–H and O–H groups in total. The first-order valence-electron chi connectivity index (χ1n) is 15.4. The topological polar surface area (TPSA) is 121 Å². The summed E-state index contributed by atoms with van der Waals surface area (Å²) in [6.07, 6.45) is -3.20. The van der Waals surface area contributed by atoms with Crippen LogP contribution in [-0.4, -0.2) is 46.5 Å². The van der Waals surface area contributed by atoms with Gasteiger partial charge in [0.2, 0.25) is 23.6 Å². The molecule has 6 aliphatic rings. The number of amides is 4. The van der Waals surface area contributed by atoms with E-state index in [9.17, 15) is 45.5 Å². The van der Waals surface area contributed by atoms with Crippen LogP contribution in [0.1, 0.15) is 37.5 Å². The van der Waals surface area contributed by atoms with Crippen molar-refractivity contribution < 1.29 is 55.0 Å². The van der Waals surface area contributed by atoms with Gasteiger partial charge in [-0.15, -0.1) is 0 Å². The Kier molecular flexibility index (Phi) is 7.10. The molecule has 6 aliphatic heterocycles. The molecule has 0 radical (unpaired) electrons. The first-order valence-corrected chi connectivity index (χ1v) is 15.4. The molecule has 262 valence electrons. The number of carbonyl (C=O) groups excluding carboxylic acids is 4. The Morgan fingerprint density at radius 3 is 1.76 bits per heavy atom. The summed E-state index contributed by atoms with van der Waals surface area (Å²) < 4.78 is 90.6. The van der Waals surface area contributed by atoms with E-state index < -0.39 is 105 Å². The number of hydrogen-bond acceptors (Lipinski definition) is 7. The monoisotopic (exact) mass is 710 g/mol. The average Bonchev–Trinajstić information content (AvgIpc) is 3.85. The van der Waals surface area contributed by atoms with Crippen LogP contribution in [0.5, 0.6) is 0 Å². The first kappa shape index (κ1) is 34.1.